The number of nitrogens with one attached hydrogen (secondary N) is 1. The van der Waals surface area contributed by atoms with Gasteiger partial charge in [-0.15, -0.1) is 0 Å². The Labute approximate surface area is 195 Å². The fourth-order valence-corrected chi connectivity index (χ4v) is 3.77. The maximum Gasteiger partial charge on any atom is 0.339 e. The molecule has 0 spiro atoms. The van der Waals surface area contributed by atoms with Gasteiger partial charge in [-0.25, -0.2) is 5.43 Å². The zero-order valence-corrected chi connectivity index (χ0v) is 18.9. The third-order valence-corrected chi connectivity index (χ3v) is 5.84. The van der Waals surface area contributed by atoms with E-state index in [1.165, 1.54) is 50.6 Å². The first-order valence-corrected chi connectivity index (χ1v) is 11.1. The Kier molecular flexibility index (Phi) is 7.12. The lowest BCUT2D eigenvalue weighted by atomic mass is 10.2. The second-order valence-electron chi connectivity index (χ2n) is 6.97. The quantitative estimate of drug-likeness (QED) is 0.162. The van der Waals surface area contributed by atoms with Gasteiger partial charge in [0, 0.05) is 22.9 Å². The number of hydrazone groups is 1. The molecule has 3 N–H and O–H groups in total. The number of anilines is 1. The van der Waals surface area contributed by atoms with Crippen LogP contribution in [0, 0.1) is 17.0 Å². The highest BCUT2D eigenvalue weighted by Crippen LogP contribution is 2.31. The summed E-state index contributed by atoms with van der Waals surface area (Å²) in [6.07, 6.45) is 1.33. The number of benzene rings is 3. The Morgan fingerprint density at radius 1 is 1.09 bits per heavy atom. The van der Waals surface area contributed by atoms with E-state index in [2.05, 4.69) is 10.5 Å². The molecule has 0 saturated carbocycles. The molecule has 0 fully saturated rings. The fraction of sp³-hybridized carbons (Fsp3) is 0.0909. The number of hydrogen-bond acceptors (Lipinski definition) is 9. The van der Waals surface area contributed by atoms with Crippen molar-refractivity contribution >= 4 is 33.6 Å². The number of nitro groups is 1. The molecule has 0 aliphatic carbocycles. The predicted octanol–water partition coefficient (Wildman–Crippen LogP) is 3.03. The molecule has 1 amide bonds. The van der Waals surface area contributed by atoms with Crippen LogP contribution in [0.2, 0.25) is 0 Å². The van der Waals surface area contributed by atoms with Gasteiger partial charge in [0.2, 0.25) is 0 Å². The zero-order valence-electron chi connectivity index (χ0n) is 18.1. The van der Waals surface area contributed by atoms with Gasteiger partial charge >= 0.3 is 10.1 Å². The number of amides is 1. The summed E-state index contributed by atoms with van der Waals surface area (Å²) in [5.41, 5.74) is 9.30. The van der Waals surface area contributed by atoms with Gasteiger partial charge < -0.3 is 14.7 Å². The Balaban J connectivity index is 1.76. The van der Waals surface area contributed by atoms with Crippen molar-refractivity contribution in [2.24, 2.45) is 5.10 Å². The van der Waals surface area contributed by atoms with Crippen molar-refractivity contribution in [3.63, 3.8) is 0 Å². The Morgan fingerprint density at radius 3 is 2.44 bits per heavy atom. The highest BCUT2D eigenvalue weighted by molar-refractivity contribution is 7.87. The largest absolute Gasteiger partial charge is 0.493 e. The summed E-state index contributed by atoms with van der Waals surface area (Å²) in [5.74, 6) is -0.505. The van der Waals surface area contributed by atoms with E-state index in [1.807, 2.05) is 0 Å². The number of methoxy groups -OCH3 is 1. The molecule has 34 heavy (non-hydrogen) atoms. The number of rotatable bonds is 8. The van der Waals surface area contributed by atoms with E-state index in [9.17, 15) is 23.3 Å². The second kappa shape index (κ2) is 10.0. The first-order chi connectivity index (χ1) is 16.1. The summed E-state index contributed by atoms with van der Waals surface area (Å²) in [6, 6.07) is 14.0. The maximum atomic E-state index is 12.7. The molecule has 0 heterocycles. The summed E-state index contributed by atoms with van der Waals surface area (Å²) in [7, 11) is -3.06. The number of carbonyl (C=O) groups is 1. The van der Waals surface area contributed by atoms with Crippen LogP contribution < -0.4 is 20.1 Å². The molecule has 0 atom stereocenters. The number of nitrogens with two attached hydrogens (primary N) is 1. The molecule has 0 saturated heterocycles. The van der Waals surface area contributed by atoms with E-state index in [1.54, 1.807) is 24.3 Å². The third-order valence-electron chi connectivity index (χ3n) is 4.61. The molecule has 0 unspecified atom stereocenters. The van der Waals surface area contributed by atoms with Crippen LogP contribution >= 0.6 is 0 Å². The highest BCUT2D eigenvalue weighted by Gasteiger charge is 2.23. The smallest absolute Gasteiger partial charge is 0.339 e. The van der Waals surface area contributed by atoms with Gasteiger partial charge in [0.05, 0.1) is 18.2 Å². The van der Waals surface area contributed by atoms with Gasteiger partial charge in [0.15, 0.2) is 11.5 Å². The van der Waals surface area contributed by atoms with Crippen LogP contribution in [0.3, 0.4) is 0 Å². The molecule has 0 aliphatic heterocycles. The maximum absolute atomic E-state index is 12.7. The van der Waals surface area contributed by atoms with Gasteiger partial charge in [-0.05, 0) is 61.0 Å². The van der Waals surface area contributed by atoms with Gasteiger partial charge in [-0.1, -0.05) is 6.07 Å². The minimum absolute atomic E-state index is 0.0685. The Hall–Kier alpha value is -4.45. The Morgan fingerprint density at radius 2 is 1.79 bits per heavy atom. The van der Waals surface area contributed by atoms with Crippen LogP contribution in [0.4, 0.5) is 11.4 Å². The number of nitrogens with zero attached hydrogens (tertiary/aromatic N) is 2. The number of nitro benzene ring substituents is 1. The molecule has 176 valence electrons. The van der Waals surface area contributed by atoms with Crippen molar-refractivity contribution in [2.45, 2.75) is 11.8 Å². The van der Waals surface area contributed by atoms with Crippen molar-refractivity contribution in [1.82, 2.24) is 5.43 Å². The molecule has 0 aromatic heterocycles. The monoisotopic (exact) mass is 484 g/mol. The number of nitrogen functional groups attached to an aromatic ring is 1. The zero-order chi connectivity index (χ0) is 24.9. The van der Waals surface area contributed by atoms with Gasteiger partial charge in [-0.2, -0.15) is 13.5 Å². The normalized spacial score (nSPS) is 11.2. The van der Waals surface area contributed by atoms with Crippen molar-refractivity contribution in [2.75, 3.05) is 12.8 Å². The summed E-state index contributed by atoms with van der Waals surface area (Å²) >= 11 is 0. The lowest BCUT2D eigenvalue weighted by Crippen LogP contribution is -2.17. The molecule has 0 radical (unpaired) electrons. The van der Waals surface area contributed by atoms with Crippen molar-refractivity contribution < 1.29 is 27.1 Å². The molecular formula is C22H20N4O7S. The third kappa shape index (κ3) is 5.66. The standard InChI is InChI=1S/C22H20N4O7S/c1-14-3-9-18(12-19(14)26(28)29)34(30,31)33-20-10-4-15(11-21(20)32-2)13-24-25-22(27)16-5-7-17(23)8-6-16/h3-13H,23H2,1-2H3,(H,25,27)/b24-13-. The first-order valence-electron chi connectivity index (χ1n) is 9.67. The van der Waals surface area contributed by atoms with Crippen LogP contribution in [-0.2, 0) is 10.1 Å². The van der Waals surface area contributed by atoms with Crippen molar-refractivity contribution in [1.29, 1.82) is 0 Å². The SMILES string of the molecule is COc1cc(/C=N\NC(=O)c2ccc(N)cc2)ccc1OS(=O)(=O)c1ccc(C)c([N+](=O)[O-])c1. The fourth-order valence-electron chi connectivity index (χ4n) is 2.81. The molecule has 3 rings (SSSR count). The molecule has 12 heteroatoms. The lowest BCUT2D eigenvalue weighted by Gasteiger charge is -2.11. The van der Waals surface area contributed by atoms with Crippen LogP contribution in [0.25, 0.3) is 0 Å². The highest BCUT2D eigenvalue weighted by atomic mass is 32.2. The average molecular weight is 484 g/mol. The van der Waals surface area contributed by atoms with Crippen LogP contribution in [-0.4, -0.2) is 32.6 Å². The number of hydrogen-bond donors (Lipinski definition) is 2. The van der Waals surface area contributed by atoms with E-state index in [0.29, 0.717) is 22.4 Å². The molecule has 3 aromatic rings. The minimum Gasteiger partial charge on any atom is -0.493 e. The van der Waals surface area contributed by atoms with E-state index < -0.39 is 20.9 Å². The lowest BCUT2D eigenvalue weighted by molar-refractivity contribution is -0.385. The minimum atomic E-state index is -4.38. The van der Waals surface area contributed by atoms with E-state index in [-0.39, 0.29) is 22.1 Å². The first kappa shape index (κ1) is 24.2. The molecule has 0 aliphatic rings. The number of ether oxygens (including phenoxy) is 1. The van der Waals surface area contributed by atoms with E-state index >= 15 is 0 Å². The van der Waals surface area contributed by atoms with E-state index in [4.69, 9.17) is 14.7 Å². The second-order valence-corrected chi connectivity index (χ2v) is 8.52. The van der Waals surface area contributed by atoms with E-state index in [0.717, 1.165) is 6.07 Å². The summed E-state index contributed by atoms with van der Waals surface area (Å²) < 4.78 is 35.7. The van der Waals surface area contributed by atoms with Gasteiger partial charge in [0.1, 0.15) is 4.90 Å². The molecule has 11 nitrogen and oxygen atoms in total. The number of aryl methyl sites for hydroxylation is 1. The van der Waals surface area contributed by atoms with Crippen molar-refractivity contribution in [3.8, 4) is 11.5 Å². The molecule has 3 aromatic carbocycles. The average Bonchev–Trinajstić information content (AvgIpc) is 2.80. The Bertz CT molecular complexity index is 1370. The number of carbonyl (C=O) groups excluding carboxylic acids is 1. The van der Waals surface area contributed by atoms with Gasteiger partial charge in [0.25, 0.3) is 11.6 Å². The van der Waals surface area contributed by atoms with Crippen LogP contribution in [0.1, 0.15) is 21.5 Å². The molecular weight excluding hydrogens is 464 g/mol. The molecule has 0 bridgehead atoms. The summed E-state index contributed by atoms with van der Waals surface area (Å²) in [6.45, 7) is 1.50. The van der Waals surface area contributed by atoms with Crippen molar-refractivity contribution in [3.05, 3.63) is 87.5 Å². The predicted molar refractivity (Wildman–Crippen MR) is 125 cm³/mol. The summed E-state index contributed by atoms with van der Waals surface area (Å²) in [5, 5.41) is 15.0. The summed E-state index contributed by atoms with van der Waals surface area (Å²) in [4.78, 5) is 22.2. The topological polar surface area (TPSA) is 163 Å². The van der Waals surface area contributed by atoms with Crippen LogP contribution in [0.15, 0.2) is 70.7 Å². The van der Waals surface area contributed by atoms with Gasteiger partial charge in [-0.3, -0.25) is 14.9 Å². The van der Waals surface area contributed by atoms with Crippen LogP contribution in [0.5, 0.6) is 11.5 Å².